The molecule has 3 heteroatoms. The molecule has 0 bridgehead atoms. The summed E-state index contributed by atoms with van der Waals surface area (Å²) in [5, 5.41) is 0. The number of anilines is 1. The van der Waals surface area contributed by atoms with Crippen molar-refractivity contribution in [3.63, 3.8) is 0 Å². The highest BCUT2D eigenvalue weighted by atomic mass is 16.5. The predicted octanol–water partition coefficient (Wildman–Crippen LogP) is 3.04. The van der Waals surface area contributed by atoms with E-state index >= 15 is 0 Å². The predicted molar refractivity (Wildman–Crippen MR) is 80.8 cm³/mol. The van der Waals surface area contributed by atoms with Gasteiger partial charge in [0.1, 0.15) is 5.75 Å². The van der Waals surface area contributed by atoms with Gasteiger partial charge in [-0.15, -0.1) is 0 Å². The average molecular weight is 262 g/mol. The van der Waals surface area contributed by atoms with Crippen LogP contribution in [-0.4, -0.2) is 26.2 Å². The lowest BCUT2D eigenvalue weighted by molar-refractivity contribution is 0.241. The third-order valence-electron chi connectivity index (χ3n) is 4.17. The number of nitrogens with zero attached hydrogens (tertiary/aromatic N) is 1. The van der Waals surface area contributed by atoms with Crippen LogP contribution in [0.5, 0.6) is 5.75 Å². The number of nitrogens with two attached hydrogens (primary N) is 1. The second-order valence-electron chi connectivity index (χ2n) is 6.12. The first-order valence-electron chi connectivity index (χ1n) is 7.16. The molecule has 3 nitrogen and oxygen atoms in total. The van der Waals surface area contributed by atoms with Crippen molar-refractivity contribution in [2.45, 2.75) is 38.1 Å². The van der Waals surface area contributed by atoms with Crippen LogP contribution in [-0.2, 0) is 0 Å². The number of hydrogen-bond donors (Lipinski definition) is 1. The first-order valence-corrected chi connectivity index (χ1v) is 7.16. The van der Waals surface area contributed by atoms with Crippen LogP contribution in [0, 0.1) is 5.92 Å². The van der Waals surface area contributed by atoms with E-state index in [1.54, 1.807) is 7.11 Å². The highest BCUT2D eigenvalue weighted by Gasteiger charge is 2.32. The Morgan fingerprint density at radius 2 is 2.26 bits per heavy atom. The number of ether oxygens (including phenoxy) is 1. The van der Waals surface area contributed by atoms with Gasteiger partial charge < -0.3 is 15.4 Å². The topological polar surface area (TPSA) is 38.5 Å². The molecule has 2 N–H and O–H groups in total. The molecule has 0 aromatic heterocycles. The van der Waals surface area contributed by atoms with E-state index in [1.165, 1.54) is 18.5 Å². The lowest BCUT2D eigenvalue weighted by Gasteiger charge is -2.40. The highest BCUT2D eigenvalue weighted by molar-refractivity contribution is 5.50. The number of rotatable bonds is 4. The molecule has 0 amide bonds. The molecular formula is C16H26N2O. The Labute approximate surface area is 116 Å². The van der Waals surface area contributed by atoms with E-state index in [9.17, 15) is 0 Å². The van der Waals surface area contributed by atoms with Crippen LogP contribution in [0.4, 0.5) is 5.69 Å². The molecule has 2 unspecified atom stereocenters. The Morgan fingerprint density at radius 1 is 1.47 bits per heavy atom. The molecule has 0 spiro atoms. The van der Waals surface area contributed by atoms with Crippen molar-refractivity contribution in [3.8, 4) is 5.75 Å². The van der Waals surface area contributed by atoms with E-state index in [0.29, 0.717) is 0 Å². The molecule has 106 valence electrons. The van der Waals surface area contributed by atoms with Crippen LogP contribution in [0.2, 0.25) is 0 Å². The largest absolute Gasteiger partial charge is 0.497 e. The van der Waals surface area contributed by atoms with Crippen LogP contribution >= 0.6 is 0 Å². The average Bonchev–Trinajstić information content (AvgIpc) is 2.38. The molecule has 1 aromatic carbocycles. The van der Waals surface area contributed by atoms with Crippen LogP contribution in [0.3, 0.4) is 0 Å². The zero-order chi connectivity index (χ0) is 13.9. The molecule has 1 aromatic rings. The molecule has 2 rings (SSSR count). The molecule has 0 saturated heterocycles. The third kappa shape index (κ3) is 3.63. The molecule has 1 fully saturated rings. The Hall–Kier alpha value is -1.22. The van der Waals surface area contributed by atoms with Crippen LogP contribution in [0.25, 0.3) is 0 Å². The summed E-state index contributed by atoms with van der Waals surface area (Å²) < 4.78 is 5.28. The van der Waals surface area contributed by atoms with Gasteiger partial charge in [0.25, 0.3) is 0 Å². The summed E-state index contributed by atoms with van der Waals surface area (Å²) in [6, 6.07) is 8.17. The van der Waals surface area contributed by atoms with Gasteiger partial charge in [0.05, 0.1) is 7.11 Å². The zero-order valence-corrected chi connectivity index (χ0v) is 12.4. The maximum atomic E-state index is 6.59. The fraction of sp³-hybridized carbons (Fsp3) is 0.625. The van der Waals surface area contributed by atoms with Crippen molar-refractivity contribution in [1.29, 1.82) is 0 Å². The molecule has 1 saturated carbocycles. The van der Waals surface area contributed by atoms with Crippen molar-refractivity contribution >= 4 is 5.69 Å². The van der Waals surface area contributed by atoms with Gasteiger partial charge in [-0.2, -0.15) is 0 Å². The Balaban J connectivity index is 2.05. The van der Waals surface area contributed by atoms with Gasteiger partial charge in [0.15, 0.2) is 0 Å². The number of benzene rings is 1. The smallest absolute Gasteiger partial charge is 0.120 e. The van der Waals surface area contributed by atoms with E-state index in [4.69, 9.17) is 10.5 Å². The monoisotopic (exact) mass is 262 g/mol. The van der Waals surface area contributed by atoms with Crippen LogP contribution in [0.15, 0.2) is 24.3 Å². The Bertz CT molecular complexity index is 421. The summed E-state index contributed by atoms with van der Waals surface area (Å²) in [4.78, 5) is 2.25. The highest BCUT2D eigenvalue weighted by Crippen LogP contribution is 2.32. The molecule has 1 aliphatic rings. The molecular weight excluding hydrogens is 236 g/mol. The van der Waals surface area contributed by atoms with Gasteiger partial charge in [-0.1, -0.05) is 25.8 Å². The van der Waals surface area contributed by atoms with Crippen molar-refractivity contribution in [3.05, 3.63) is 24.3 Å². The zero-order valence-electron chi connectivity index (χ0n) is 12.4. The van der Waals surface area contributed by atoms with Gasteiger partial charge in [-0.3, -0.25) is 0 Å². The fourth-order valence-electron chi connectivity index (χ4n) is 3.26. The first-order chi connectivity index (χ1) is 9.02. The van der Waals surface area contributed by atoms with Crippen molar-refractivity contribution in [1.82, 2.24) is 0 Å². The molecule has 0 aliphatic heterocycles. The van der Waals surface area contributed by atoms with Crippen molar-refractivity contribution in [2.24, 2.45) is 11.7 Å². The maximum absolute atomic E-state index is 6.59. The molecule has 0 radical (unpaired) electrons. The third-order valence-corrected chi connectivity index (χ3v) is 4.17. The Kier molecular flexibility index (Phi) is 4.35. The SMILES string of the molecule is COc1cccc(N(C)CC2(N)CCCC(C)C2)c1. The Morgan fingerprint density at radius 3 is 2.95 bits per heavy atom. The molecule has 2 atom stereocenters. The number of likely N-dealkylation sites (N-methyl/N-ethyl adjacent to an activating group) is 1. The van der Waals surface area contributed by atoms with E-state index in [0.717, 1.165) is 31.1 Å². The van der Waals surface area contributed by atoms with E-state index in [-0.39, 0.29) is 5.54 Å². The normalized spacial score (nSPS) is 27.1. The first kappa shape index (κ1) is 14.2. The summed E-state index contributed by atoms with van der Waals surface area (Å²) in [6.07, 6.45) is 4.83. The standard InChI is InChI=1S/C16H26N2O/c1-13-6-5-9-16(17,11-13)12-18(2)14-7-4-8-15(10-14)19-3/h4,7-8,10,13H,5-6,9,11-12,17H2,1-3H3. The fourth-order valence-corrected chi connectivity index (χ4v) is 3.26. The van der Waals surface area contributed by atoms with Gasteiger partial charge in [0.2, 0.25) is 0 Å². The minimum absolute atomic E-state index is 0.0461. The second-order valence-corrected chi connectivity index (χ2v) is 6.12. The van der Waals surface area contributed by atoms with Crippen molar-refractivity contribution in [2.75, 3.05) is 25.6 Å². The van der Waals surface area contributed by atoms with Crippen molar-refractivity contribution < 1.29 is 4.74 Å². The summed E-state index contributed by atoms with van der Waals surface area (Å²) in [7, 11) is 3.81. The van der Waals surface area contributed by atoms with Gasteiger partial charge in [0, 0.05) is 30.9 Å². The summed E-state index contributed by atoms with van der Waals surface area (Å²) >= 11 is 0. The van der Waals surface area contributed by atoms with E-state index in [2.05, 4.69) is 31.0 Å². The second kappa shape index (κ2) is 5.83. The van der Waals surface area contributed by atoms with Crippen LogP contribution < -0.4 is 15.4 Å². The van der Waals surface area contributed by atoms with Crippen LogP contribution in [0.1, 0.15) is 32.6 Å². The maximum Gasteiger partial charge on any atom is 0.120 e. The molecule has 1 aliphatic carbocycles. The summed E-state index contributed by atoms with van der Waals surface area (Å²) in [5.74, 6) is 1.64. The van der Waals surface area contributed by atoms with Gasteiger partial charge in [-0.25, -0.2) is 0 Å². The van der Waals surface area contributed by atoms with E-state index in [1.807, 2.05) is 12.1 Å². The lowest BCUT2D eigenvalue weighted by atomic mass is 9.77. The molecule has 0 heterocycles. The minimum atomic E-state index is -0.0461. The van der Waals surface area contributed by atoms with Gasteiger partial charge >= 0.3 is 0 Å². The summed E-state index contributed by atoms with van der Waals surface area (Å²) in [6.45, 7) is 3.22. The summed E-state index contributed by atoms with van der Waals surface area (Å²) in [5.41, 5.74) is 7.71. The molecule has 19 heavy (non-hydrogen) atoms. The lowest BCUT2D eigenvalue weighted by Crippen LogP contribution is -2.52. The quantitative estimate of drug-likeness (QED) is 0.906. The van der Waals surface area contributed by atoms with Gasteiger partial charge in [-0.05, 0) is 30.9 Å². The van der Waals surface area contributed by atoms with E-state index < -0.39 is 0 Å². The number of methoxy groups -OCH3 is 1. The minimum Gasteiger partial charge on any atom is -0.497 e. The number of hydrogen-bond acceptors (Lipinski definition) is 3.